The Bertz CT molecular complexity index is 501. The van der Waals surface area contributed by atoms with Gasteiger partial charge in [-0.05, 0) is 25.0 Å². The smallest absolute Gasteiger partial charge is 0.328 e. The molecule has 1 saturated carbocycles. The zero-order chi connectivity index (χ0) is 13.8. The molecule has 0 bridgehead atoms. The first-order valence-electron chi connectivity index (χ1n) is 6.34. The van der Waals surface area contributed by atoms with Crippen molar-refractivity contribution in [2.45, 2.75) is 31.7 Å². The number of carbonyl (C=O) groups excluding carboxylic acids is 1. The minimum atomic E-state index is -0.982. The number of thiophene rings is 1. The third-order valence-electron chi connectivity index (χ3n) is 3.45. The first kappa shape index (κ1) is 13.8. The van der Waals surface area contributed by atoms with Crippen molar-refractivity contribution in [2.24, 2.45) is 0 Å². The normalized spacial score (nSPS) is 16.1. The average Bonchev–Trinajstić information content (AvgIpc) is 3.05. The Kier molecular flexibility index (Phi) is 4.37. The quantitative estimate of drug-likeness (QED) is 0.862. The molecule has 0 spiro atoms. The fourth-order valence-corrected chi connectivity index (χ4v) is 3.14. The molecule has 1 aliphatic carbocycles. The number of carboxylic acid groups (broad SMARTS) is 1. The Morgan fingerprint density at radius 1 is 1.42 bits per heavy atom. The molecule has 4 nitrogen and oxygen atoms in total. The van der Waals surface area contributed by atoms with Crippen molar-refractivity contribution in [1.82, 2.24) is 4.90 Å². The van der Waals surface area contributed by atoms with Crippen LogP contribution in [0.3, 0.4) is 0 Å². The van der Waals surface area contributed by atoms with E-state index in [1.807, 2.05) is 11.9 Å². The van der Waals surface area contributed by atoms with Crippen LogP contribution in [0.25, 0.3) is 6.08 Å². The van der Waals surface area contributed by atoms with E-state index in [0.29, 0.717) is 11.6 Å². The SMILES string of the molecule is CN(C(=O)c1csc(C=CC(=O)O)c1)C1CCCC1. The van der Waals surface area contributed by atoms with Crippen molar-refractivity contribution >= 4 is 29.3 Å². The van der Waals surface area contributed by atoms with Crippen molar-refractivity contribution < 1.29 is 14.7 Å². The fraction of sp³-hybridized carbons (Fsp3) is 0.429. The van der Waals surface area contributed by atoms with Gasteiger partial charge in [0.2, 0.25) is 0 Å². The van der Waals surface area contributed by atoms with Crippen LogP contribution < -0.4 is 0 Å². The summed E-state index contributed by atoms with van der Waals surface area (Å²) in [6.45, 7) is 0. The van der Waals surface area contributed by atoms with E-state index in [2.05, 4.69) is 0 Å². The van der Waals surface area contributed by atoms with Gasteiger partial charge in [-0.2, -0.15) is 0 Å². The van der Waals surface area contributed by atoms with Gasteiger partial charge in [-0.15, -0.1) is 11.3 Å². The predicted molar refractivity (Wildman–Crippen MR) is 75.3 cm³/mol. The molecular weight excluding hydrogens is 262 g/mol. The molecule has 1 heterocycles. The number of hydrogen-bond donors (Lipinski definition) is 1. The molecule has 0 radical (unpaired) electrons. The maximum absolute atomic E-state index is 12.3. The molecule has 19 heavy (non-hydrogen) atoms. The summed E-state index contributed by atoms with van der Waals surface area (Å²) >= 11 is 1.38. The minimum absolute atomic E-state index is 0.0260. The summed E-state index contributed by atoms with van der Waals surface area (Å²) in [4.78, 5) is 25.3. The first-order chi connectivity index (χ1) is 9.08. The number of rotatable bonds is 4. The Morgan fingerprint density at radius 3 is 2.74 bits per heavy atom. The van der Waals surface area contributed by atoms with Crippen molar-refractivity contribution in [3.63, 3.8) is 0 Å². The number of hydrogen-bond acceptors (Lipinski definition) is 3. The number of aliphatic carboxylic acids is 1. The topological polar surface area (TPSA) is 57.6 Å². The number of carboxylic acids is 1. The van der Waals surface area contributed by atoms with Crippen LogP contribution in [-0.2, 0) is 4.79 Å². The van der Waals surface area contributed by atoms with Crippen LogP contribution in [0.15, 0.2) is 17.5 Å². The lowest BCUT2D eigenvalue weighted by molar-refractivity contribution is -0.131. The lowest BCUT2D eigenvalue weighted by Crippen LogP contribution is -2.34. The molecule has 102 valence electrons. The van der Waals surface area contributed by atoms with Crippen LogP contribution >= 0.6 is 11.3 Å². The van der Waals surface area contributed by atoms with E-state index in [0.717, 1.165) is 23.8 Å². The minimum Gasteiger partial charge on any atom is -0.478 e. The van der Waals surface area contributed by atoms with Gasteiger partial charge in [-0.1, -0.05) is 12.8 Å². The summed E-state index contributed by atoms with van der Waals surface area (Å²) in [6, 6.07) is 2.10. The summed E-state index contributed by atoms with van der Waals surface area (Å²) in [5, 5.41) is 10.4. The maximum atomic E-state index is 12.3. The van der Waals surface area contributed by atoms with E-state index in [1.54, 1.807) is 11.4 Å². The van der Waals surface area contributed by atoms with Crippen LogP contribution in [0.2, 0.25) is 0 Å². The highest BCUT2D eigenvalue weighted by Gasteiger charge is 2.24. The summed E-state index contributed by atoms with van der Waals surface area (Å²) < 4.78 is 0. The van der Waals surface area contributed by atoms with E-state index in [1.165, 1.54) is 30.3 Å². The molecular formula is C14H17NO3S. The highest BCUT2D eigenvalue weighted by Crippen LogP contribution is 2.25. The zero-order valence-corrected chi connectivity index (χ0v) is 11.7. The molecule has 1 aromatic rings. The first-order valence-corrected chi connectivity index (χ1v) is 7.22. The Morgan fingerprint density at radius 2 is 2.11 bits per heavy atom. The Balaban J connectivity index is 2.05. The molecule has 1 amide bonds. The second-order valence-corrected chi connectivity index (χ2v) is 5.71. The third kappa shape index (κ3) is 3.44. The second kappa shape index (κ2) is 6.02. The van der Waals surface area contributed by atoms with Crippen molar-refractivity contribution in [2.75, 3.05) is 7.05 Å². The molecule has 1 aromatic heterocycles. The predicted octanol–water partition coefficient (Wildman–Crippen LogP) is 2.86. The number of carbonyl (C=O) groups is 2. The molecule has 0 unspecified atom stereocenters. The molecule has 1 fully saturated rings. The molecule has 2 rings (SSSR count). The lowest BCUT2D eigenvalue weighted by Gasteiger charge is -2.23. The summed E-state index contributed by atoms with van der Waals surface area (Å²) in [5.41, 5.74) is 0.643. The van der Waals surface area contributed by atoms with Gasteiger partial charge in [0.15, 0.2) is 0 Å². The maximum Gasteiger partial charge on any atom is 0.328 e. The van der Waals surface area contributed by atoms with Crippen molar-refractivity contribution in [3.8, 4) is 0 Å². The van der Waals surface area contributed by atoms with Crippen LogP contribution in [0.1, 0.15) is 40.9 Å². The van der Waals surface area contributed by atoms with Gasteiger partial charge in [0.05, 0.1) is 5.56 Å². The Labute approximate surface area is 116 Å². The molecule has 5 heteroatoms. The standard InChI is InChI=1S/C14H17NO3S/c1-15(11-4-2-3-5-11)14(18)10-8-12(19-9-10)6-7-13(16)17/h6-9,11H,2-5H2,1H3,(H,16,17). The van der Waals surface area contributed by atoms with Crippen LogP contribution in [0.4, 0.5) is 0 Å². The van der Waals surface area contributed by atoms with E-state index >= 15 is 0 Å². The van der Waals surface area contributed by atoms with Crippen LogP contribution in [0.5, 0.6) is 0 Å². The Hall–Kier alpha value is -1.62. The molecule has 1 aliphatic rings. The highest BCUT2D eigenvalue weighted by molar-refractivity contribution is 7.11. The van der Waals surface area contributed by atoms with Gasteiger partial charge in [0.25, 0.3) is 5.91 Å². The van der Waals surface area contributed by atoms with E-state index in [9.17, 15) is 9.59 Å². The van der Waals surface area contributed by atoms with E-state index in [-0.39, 0.29) is 5.91 Å². The van der Waals surface area contributed by atoms with Gasteiger partial charge in [0.1, 0.15) is 0 Å². The second-order valence-electron chi connectivity index (χ2n) is 4.76. The molecule has 0 aromatic carbocycles. The summed E-state index contributed by atoms with van der Waals surface area (Å²) in [7, 11) is 1.85. The van der Waals surface area contributed by atoms with Crippen LogP contribution in [-0.4, -0.2) is 35.0 Å². The van der Waals surface area contributed by atoms with Crippen molar-refractivity contribution in [1.29, 1.82) is 0 Å². The largest absolute Gasteiger partial charge is 0.478 e. The van der Waals surface area contributed by atoms with Gasteiger partial charge in [-0.25, -0.2) is 4.79 Å². The third-order valence-corrected chi connectivity index (χ3v) is 4.35. The van der Waals surface area contributed by atoms with E-state index in [4.69, 9.17) is 5.11 Å². The van der Waals surface area contributed by atoms with E-state index < -0.39 is 5.97 Å². The molecule has 1 N–H and O–H groups in total. The number of amides is 1. The summed E-state index contributed by atoms with van der Waals surface area (Å²) in [5.74, 6) is -0.956. The average molecular weight is 279 g/mol. The van der Waals surface area contributed by atoms with Gasteiger partial charge in [-0.3, -0.25) is 4.79 Å². The number of nitrogens with zero attached hydrogens (tertiary/aromatic N) is 1. The van der Waals surface area contributed by atoms with Crippen molar-refractivity contribution in [3.05, 3.63) is 28.0 Å². The fourth-order valence-electron chi connectivity index (χ4n) is 2.37. The monoisotopic (exact) mass is 279 g/mol. The van der Waals surface area contributed by atoms with Gasteiger partial charge >= 0.3 is 5.97 Å². The molecule has 0 atom stereocenters. The van der Waals surface area contributed by atoms with Gasteiger partial charge in [0, 0.05) is 29.4 Å². The summed E-state index contributed by atoms with van der Waals surface area (Å²) in [6.07, 6.45) is 7.15. The molecule has 0 saturated heterocycles. The van der Waals surface area contributed by atoms with Gasteiger partial charge < -0.3 is 10.0 Å². The highest BCUT2D eigenvalue weighted by atomic mass is 32.1. The van der Waals surface area contributed by atoms with Crippen LogP contribution in [0, 0.1) is 0 Å². The zero-order valence-electron chi connectivity index (χ0n) is 10.8. The molecule has 0 aliphatic heterocycles. The lowest BCUT2D eigenvalue weighted by atomic mass is 10.2.